The fourth-order valence-corrected chi connectivity index (χ4v) is 2.72. The number of nitriles is 1. The van der Waals surface area contributed by atoms with Crippen LogP contribution in [0.25, 0.3) is 0 Å². The summed E-state index contributed by atoms with van der Waals surface area (Å²) in [7, 11) is 0. The molecule has 0 atom stereocenters. The van der Waals surface area contributed by atoms with Crippen molar-refractivity contribution in [3.8, 4) is 17.6 Å². The monoisotopic (exact) mass is 349 g/mol. The predicted octanol–water partition coefficient (Wildman–Crippen LogP) is 4.86. The molecule has 0 aliphatic rings. The third-order valence-electron chi connectivity index (χ3n) is 3.80. The second kappa shape index (κ2) is 7.12. The van der Waals surface area contributed by atoms with Crippen LogP contribution in [-0.4, -0.2) is 17.6 Å². The Bertz CT molecular complexity index is 734. The number of hydrogen-bond donors (Lipinski definition) is 1. The first kappa shape index (κ1) is 17.5. The van der Waals surface area contributed by atoms with Crippen LogP contribution in [-0.2, 0) is 5.41 Å². The zero-order valence-electron chi connectivity index (χ0n) is 12.9. The van der Waals surface area contributed by atoms with Gasteiger partial charge in [-0.05, 0) is 35.4 Å². The number of nitrogens with zero attached hydrogens (tertiary/aromatic N) is 1. The van der Waals surface area contributed by atoms with Crippen molar-refractivity contribution in [3.05, 3.63) is 58.1 Å². The first-order valence-electron chi connectivity index (χ1n) is 7.12. The quantitative estimate of drug-likeness (QED) is 0.784. The average Bonchev–Trinajstić information content (AvgIpc) is 2.53. The summed E-state index contributed by atoms with van der Waals surface area (Å²) in [6.07, 6.45) is 0. The third kappa shape index (κ3) is 3.72. The van der Waals surface area contributed by atoms with Crippen molar-refractivity contribution in [2.24, 2.45) is 0 Å². The van der Waals surface area contributed by atoms with Gasteiger partial charge in [0.2, 0.25) is 0 Å². The molecule has 0 amide bonds. The molecule has 0 aromatic heterocycles. The lowest BCUT2D eigenvalue weighted by Crippen LogP contribution is -2.19. The minimum absolute atomic E-state index is 0.213. The molecule has 120 valence electrons. The molecule has 0 saturated heterocycles. The minimum atomic E-state index is -0.381. The second-order valence-corrected chi connectivity index (χ2v) is 6.44. The van der Waals surface area contributed by atoms with Crippen molar-refractivity contribution in [1.82, 2.24) is 0 Å². The largest absolute Gasteiger partial charge is 0.508 e. The predicted molar refractivity (Wildman–Crippen MR) is 92.6 cm³/mol. The maximum atomic E-state index is 9.45. The summed E-state index contributed by atoms with van der Waals surface area (Å²) in [4.78, 5) is 0. The van der Waals surface area contributed by atoms with E-state index in [9.17, 15) is 10.4 Å². The molecule has 0 unspecified atom stereocenters. The van der Waals surface area contributed by atoms with E-state index in [0.29, 0.717) is 22.2 Å². The summed E-state index contributed by atoms with van der Waals surface area (Å²) < 4.78 is 5.48. The Morgan fingerprint density at radius 3 is 2.39 bits per heavy atom. The molecular formula is C18H17Cl2NO2. The molecule has 0 bridgehead atoms. The summed E-state index contributed by atoms with van der Waals surface area (Å²) in [5.74, 6) is 0.896. The maximum Gasteiger partial charge on any atom is 0.155 e. The van der Waals surface area contributed by atoms with Gasteiger partial charge in [0.05, 0.1) is 16.5 Å². The van der Waals surface area contributed by atoms with Gasteiger partial charge in [-0.3, -0.25) is 0 Å². The fourth-order valence-electron chi connectivity index (χ4n) is 2.37. The van der Waals surface area contributed by atoms with Gasteiger partial charge in [-0.15, -0.1) is 11.6 Å². The lowest BCUT2D eigenvalue weighted by atomic mass is 9.77. The zero-order chi connectivity index (χ0) is 17.0. The summed E-state index contributed by atoms with van der Waals surface area (Å²) in [5.41, 5.74) is 1.89. The Balaban J connectivity index is 2.49. The van der Waals surface area contributed by atoms with Gasteiger partial charge in [0.1, 0.15) is 18.4 Å². The SMILES string of the molecule is CC(C)(c1ccc(O)cc1)c1cc(Cl)c(OCCCl)c(C#N)c1. The van der Waals surface area contributed by atoms with Gasteiger partial charge in [0.25, 0.3) is 0 Å². The van der Waals surface area contributed by atoms with E-state index in [2.05, 4.69) is 6.07 Å². The molecule has 0 fully saturated rings. The first-order chi connectivity index (χ1) is 10.9. The molecule has 2 rings (SSSR count). The van der Waals surface area contributed by atoms with Crippen LogP contribution >= 0.6 is 23.2 Å². The molecule has 3 nitrogen and oxygen atoms in total. The Hall–Kier alpha value is -1.89. The van der Waals surface area contributed by atoms with Crippen LogP contribution in [0, 0.1) is 11.3 Å². The van der Waals surface area contributed by atoms with E-state index in [4.69, 9.17) is 27.9 Å². The minimum Gasteiger partial charge on any atom is -0.508 e. The van der Waals surface area contributed by atoms with E-state index in [1.165, 1.54) is 0 Å². The van der Waals surface area contributed by atoms with Gasteiger partial charge in [-0.2, -0.15) is 5.26 Å². The van der Waals surface area contributed by atoms with Crippen LogP contribution in [0.2, 0.25) is 5.02 Å². The molecule has 2 aromatic rings. The number of halogens is 2. The smallest absolute Gasteiger partial charge is 0.155 e. The maximum absolute atomic E-state index is 9.45. The molecule has 2 aromatic carbocycles. The molecule has 1 N–H and O–H groups in total. The van der Waals surface area contributed by atoms with Crippen LogP contribution in [0.5, 0.6) is 11.5 Å². The Labute approximate surface area is 146 Å². The highest BCUT2D eigenvalue weighted by atomic mass is 35.5. The van der Waals surface area contributed by atoms with Crippen LogP contribution in [0.1, 0.15) is 30.5 Å². The number of benzene rings is 2. The summed E-state index contributed by atoms with van der Waals surface area (Å²) >= 11 is 11.9. The van der Waals surface area contributed by atoms with Crippen molar-refractivity contribution in [2.45, 2.75) is 19.3 Å². The summed E-state index contributed by atoms with van der Waals surface area (Å²) in [5, 5.41) is 19.2. The van der Waals surface area contributed by atoms with Crippen LogP contribution < -0.4 is 4.74 Å². The molecule has 0 aliphatic heterocycles. The summed E-state index contributed by atoms with van der Waals surface area (Å²) in [6, 6.07) is 12.7. The Kier molecular flexibility index (Phi) is 5.41. The number of aromatic hydroxyl groups is 1. The number of hydrogen-bond acceptors (Lipinski definition) is 3. The summed E-state index contributed by atoms with van der Waals surface area (Å²) in [6.45, 7) is 4.35. The lowest BCUT2D eigenvalue weighted by Gasteiger charge is -2.27. The van der Waals surface area contributed by atoms with Crippen molar-refractivity contribution in [1.29, 1.82) is 5.26 Å². The van der Waals surface area contributed by atoms with Crippen LogP contribution in [0.3, 0.4) is 0 Å². The molecule has 0 radical (unpaired) electrons. The van der Waals surface area contributed by atoms with E-state index in [1.807, 2.05) is 26.0 Å². The first-order valence-corrected chi connectivity index (χ1v) is 8.03. The van der Waals surface area contributed by atoms with Gasteiger partial charge < -0.3 is 9.84 Å². The molecule has 23 heavy (non-hydrogen) atoms. The molecule has 0 spiro atoms. The van der Waals surface area contributed by atoms with E-state index in [0.717, 1.165) is 11.1 Å². The lowest BCUT2D eigenvalue weighted by molar-refractivity contribution is 0.341. The topological polar surface area (TPSA) is 53.2 Å². The molecule has 0 heterocycles. The van der Waals surface area contributed by atoms with Crippen LogP contribution in [0.15, 0.2) is 36.4 Å². The van der Waals surface area contributed by atoms with E-state index >= 15 is 0 Å². The highest BCUT2D eigenvalue weighted by Gasteiger charge is 2.25. The number of phenols is 1. The second-order valence-electron chi connectivity index (χ2n) is 5.66. The standard InChI is InChI=1S/C18H17Cl2NO2/c1-18(2,13-3-5-15(22)6-4-13)14-9-12(11-21)17(16(20)10-14)23-8-7-19/h3-6,9-10,22H,7-8H2,1-2H3. The van der Waals surface area contributed by atoms with E-state index in [1.54, 1.807) is 24.3 Å². The number of phenolic OH excluding ortho intramolecular Hbond substituents is 1. The molecule has 0 saturated carbocycles. The van der Waals surface area contributed by atoms with Crippen molar-refractivity contribution < 1.29 is 9.84 Å². The third-order valence-corrected chi connectivity index (χ3v) is 4.23. The van der Waals surface area contributed by atoms with Crippen molar-refractivity contribution in [3.63, 3.8) is 0 Å². The van der Waals surface area contributed by atoms with Gasteiger partial charge in [-0.1, -0.05) is 37.6 Å². The fraction of sp³-hybridized carbons (Fsp3) is 0.278. The average molecular weight is 350 g/mol. The Morgan fingerprint density at radius 2 is 1.83 bits per heavy atom. The van der Waals surface area contributed by atoms with Gasteiger partial charge in [0, 0.05) is 5.41 Å². The van der Waals surface area contributed by atoms with E-state index < -0.39 is 0 Å². The highest BCUT2D eigenvalue weighted by molar-refractivity contribution is 6.32. The van der Waals surface area contributed by atoms with Gasteiger partial charge in [0.15, 0.2) is 5.75 Å². The number of rotatable bonds is 5. The molecular weight excluding hydrogens is 333 g/mol. The van der Waals surface area contributed by atoms with Gasteiger partial charge in [-0.25, -0.2) is 0 Å². The number of alkyl halides is 1. The normalized spacial score (nSPS) is 11.1. The van der Waals surface area contributed by atoms with Crippen molar-refractivity contribution in [2.75, 3.05) is 12.5 Å². The van der Waals surface area contributed by atoms with Gasteiger partial charge >= 0.3 is 0 Å². The zero-order valence-corrected chi connectivity index (χ0v) is 14.4. The van der Waals surface area contributed by atoms with Crippen molar-refractivity contribution >= 4 is 23.2 Å². The van der Waals surface area contributed by atoms with E-state index in [-0.39, 0.29) is 17.8 Å². The highest BCUT2D eigenvalue weighted by Crippen LogP contribution is 2.38. The van der Waals surface area contributed by atoms with Crippen LogP contribution in [0.4, 0.5) is 0 Å². The molecule has 5 heteroatoms. The Morgan fingerprint density at radius 1 is 1.17 bits per heavy atom. The number of ether oxygens (including phenoxy) is 1. The molecule has 0 aliphatic carbocycles.